The lowest BCUT2D eigenvalue weighted by atomic mass is 9.53. The smallest absolute Gasteiger partial charge is 0.242 e. The second-order valence-corrected chi connectivity index (χ2v) is 9.20. The second kappa shape index (κ2) is 7.16. The highest BCUT2D eigenvalue weighted by molar-refractivity contribution is 5.85. The molecule has 2 N–H and O–H groups in total. The monoisotopic (exact) mass is 378 g/mol. The van der Waals surface area contributed by atoms with Gasteiger partial charge in [0.25, 0.3) is 0 Å². The fourth-order valence-electron chi connectivity index (χ4n) is 6.66. The zero-order valence-electron chi connectivity index (χ0n) is 15.5. The summed E-state index contributed by atoms with van der Waals surface area (Å²) in [5.74, 6) is 3.24. The average molecular weight is 379 g/mol. The van der Waals surface area contributed by atoms with E-state index in [-0.39, 0.29) is 23.9 Å². The van der Waals surface area contributed by atoms with Crippen LogP contribution in [-0.4, -0.2) is 34.3 Å². The number of hydrogen-bond donors (Lipinski definition) is 2. The normalized spacial score (nSPS) is 38.0. The van der Waals surface area contributed by atoms with Gasteiger partial charge in [-0.3, -0.25) is 9.48 Å². The molecule has 4 aliphatic carbocycles. The molecule has 26 heavy (non-hydrogen) atoms. The first-order valence-corrected chi connectivity index (χ1v) is 10.2. The molecule has 1 aromatic rings. The third-order valence-corrected chi connectivity index (χ3v) is 7.20. The van der Waals surface area contributed by atoms with Crippen molar-refractivity contribution < 1.29 is 4.79 Å². The van der Waals surface area contributed by atoms with Crippen LogP contribution >= 0.6 is 12.4 Å². The number of carbonyl (C=O) groups is 1. The first kappa shape index (κ1) is 18.3. The van der Waals surface area contributed by atoms with Crippen molar-refractivity contribution in [3.05, 3.63) is 18.0 Å². The van der Waals surface area contributed by atoms with Gasteiger partial charge in [0.05, 0.1) is 0 Å². The molecule has 1 unspecified atom stereocenters. The first-order valence-electron chi connectivity index (χ1n) is 10.2. The number of hydrogen-bond acceptors (Lipinski definition) is 3. The van der Waals surface area contributed by atoms with Gasteiger partial charge in [-0.25, -0.2) is 0 Å². The van der Waals surface area contributed by atoms with Crippen LogP contribution in [0.5, 0.6) is 0 Å². The van der Waals surface area contributed by atoms with Gasteiger partial charge in [-0.15, -0.1) is 12.4 Å². The fourth-order valence-corrected chi connectivity index (χ4v) is 6.66. The molecule has 1 amide bonds. The van der Waals surface area contributed by atoms with Gasteiger partial charge in [0.2, 0.25) is 5.91 Å². The third kappa shape index (κ3) is 3.40. The van der Waals surface area contributed by atoms with E-state index in [1.807, 2.05) is 10.9 Å². The standard InChI is InChI=1S/C20H30N4O.ClH/c25-19(13-24-18(3-5-22-24)17-2-1-4-21-12-17)23-20-9-14-6-15(10-20)8-16(7-14)11-20;/h3,5,14-17,21H,1-2,4,6-13H2,(H,23,25);1H. The summed E-state index contributed by atoms with van der Waals surface area (Å²) in [5.41, 5.74) is 1.32. The van der Waals surface area contributed by atoms with Crippen molar-refractivity contribution in [3.8, 4) is 0 Å². The number of amides is 1. The number of aromatic nitrogens is 2. The van der Waals surface area contributed by atoms with E-state index in [1.54, 1.807) is 0 Å². The van der Waals surface area contributed by atoms with E-state index in [0.29, 0.717) is 12.5 Å². The molecule has 1 aromatic heterocycles. The molecule has 6 heteroatoms. The molecular formula is C20H31ClN4O. The van der Waals surface area contributed by atoms with Gasteiger partial charge >= 0.3 is 0 Å². The molecule has 2 heterocycles. The van der Waals surface area contributed by atoms with Gasteiger partial charge < -0.3 is 10.6 Å². The molecule has 144 valence electrons. The maximum Gasteiger partial charge on any atom is 0.242 e. The summed E-state index contributed by atoms with van der Waals surface area (Å²) in [6.07, 6.45) is 12.1. The zero-order chi connectivity index (χ0) is 16.9. The molecule has 1 aliphatic heterocycles. The van der Waals surface area contributed by atoms with Crippen LogP contribution in [0.15, 0.2) is 12.3 Å². The Hall–Kier alpha value is -1.07. The predicted molar refractivity (Wildman–Crippen MR) is 103 cm³/mol. The minimum absolute atomic E-state index is 0. The Labute approximate surface area is 162 Å². The summed E-state index contributed by atoms with van der Waals surface area (Å²) >= 11 is 0. The van der Waals surface area contributed by atoms with E-state index < -0.39 is 0 Å². The van der Waals surface area contributed by atoms with Crippen LogP contribution in [0.2, 0.25) is 0 Å². The molecule has 5 fully saturated rings. The van der Waals surface area contributed by atoms with Crippen LogP contribution in [0.1, 0.15) is 63.0 Å². The molecule has 6 rings (SSSR count). The summed E-state index contributed by atoms with van der Waals surface area (Å²) in [6, 6.07) is 2.09. The molecule has 5 nitrogen and oxygen atoms in total. The molecule has 4 bridgehead atoms. The molecule has 1 saturated heterocycles. The number of carbonyl (C=O) groups excluding carboxylic acids is 1. The quantitative estimate of drug-likeness (QED) is 0.846. The highest BCUT2D eigenvalue weighted by Gasteiger charge is 2.51. The van der Waals surface area contributed by atoms with E-state index in [2.05, 4.69) is 21.8 Å². The Bertz CT molecular complexity index is 617. The number of rotatable bonds is 4. The molecule has 5 aliphatic rings. The van der Waals surface area contributed by atoms with E-state index in [9.17, 15) is 4.79 Å². The average Bonchev–Trinajstić information content (AvgIpc) is 3.01. The Morgan fingerprint density at radius 1 is 1.23 bits per heavy atom. The molecule has 1 atom stereocenters. The van der Waals surface area contributed by atoms with Crippen molar-refractivity contribution in [1.29, 1.82) is 0 Å². The summed E-state index contributed by atoms with van der Waals surface area (Å²) in [6.45, 7) is 2.49. The van der Waals surface area contributed by atoms with Gasteiger partial charge in [0.15, 0.2) is 0 Å². The van der Waals surface area contributed by atoms with Crippen LogP contribution < -0.4 is 10.6 Å². The Morgan fingerprint density at radius 2 is 1.92 bits per heavy atom. The van der Waals surface area contributed by atoms with Gasteiger partial charge in [0.1, 0.15) is 6.54 Å². The highest BCUT2D eigenvalue weighted by Crippen LogP contribution is 2.55. The predicted octanol–water partition coefficient (Wildman–Crippen LogP) is 2.86. The first-order chi connectivity index (χ1) is 12.2. The van der Waals surface area contributed by atoms with Crippen LogP contribution in [0.3, 0.4) is 0 Å². The molecular weight excluding hydrogens is 348 g/mol. The minimum atomic E-state index is 0. The lowest BCUT2D eigenvalue weighted by molar-refractivity contribution is -0.127. The maximum absolute atomic E-state index is 12.8. The SMILES string of the molecule is Cl.O=C(Cn1nccc1C1CCCNC1)NC12CC3CC(CC(C3)C1)C2. The van der Waals surface area contributed by atoms with Crippen molar-refractivity contribution in [3.63, 3.8) is 0 Å². The van der Waals surface area contributed by atoms with Crippen LogP contribution in [-0.2, 0) is 11.3 Å². The van der Waals surface area contributed by atoms with Crippen LogP contribution in [0.4, 0.5) is 0 Å². The van der Waals surface area contributed by atoms with Gasteiger partial charge in [-0.05, 0) is 81.7 Å². The van der Waals surface area contributed by atoms with Crippen molar-refractivity contribution in [2.75, 3.05) is 13.1 Å². The van der Waals surface area contributed by atoms with Crippen LogP contribution in [0.25, 0.3) is 0 Å². The zero-order valence-corrected chi connectivity index (χ0v) is 16.3. The summed E-state index contributed by atoms with van der Waals surface area (Å²) < 4.78 is 1.94. The summed E-state index contributed by atoms with van der Waals surface area (Å²) in [5, 5.41) is 11.4. The fraction of sp³-hybridized carbons (Fsp3) is 0.800. The number of halogens is 1. The van der Waals surface area contributed by atoms with Gasteiger partial charge in [0, 0.05) is 29.9 Å². The third-order valence-electron chi connectivity index (χ3n) is 7.20. The van der Waals surface area contributed by atoms with Crippen molar-refractivity contribution in [2.45, 2.75) is 69.4 Å². The number of piperidine rings is 1. The topological polar surface area (TPSA) is 59.0 Å². The highest BCUT2D eigenvalue weighted by atomic mass is 35.5. The molecule has 0 aromatic carbocycles. The van der Waals surface area contributed by atoms with E-state index in [1.165, 1.54) is 57.1 Å². The molecule has 0 spiro atoms. The summed E-state index contributed by atoms with van der Waals surface area (Å²) in [7, 11) is 0. The summed E-state index contributed by atoms with van der Waals surface area (Å²) in [4.78, 5) is 12.8. The van der Waals surface area contributed by atoms with Crippen molar-refractivity contribution in [2.24, 2.45) is 17.8 Å². The largest absolute Gasteiger partial charge is 0.349 e. The molecule has 0 radical (unpaired) electrons. The van der Waals surface area contributed by atoms with Crippen LogP contribution in [0, 0.1) is 17.8 Å². The van der Waals surface area contributed by atoms with E-state index >= 15 is 0 Å². The van der Waals surface area contributed by atoms with Crippen molar-refractivity contribution >= 4 is 18.3 Å². The maximum atomic E-state index is 12.8. The molecule has 4 saturated carbocycles. The van der Waals surface area contributed by atoms with E-state index in [4.69, 9.17) is 0 Å². The Kier molecular flexibility index (Phi) is 5.04. The van der Waals surface area contributed by atoms with Crippen molar-refractivity contribution in [1.82, 2.24) is 20.4 Å². The number of nitrogens with zero attached hydrogens (tertiary/aromatic N) is 2. The van der Waals surface area contributed by atoms with Gasteiger partial charge in [-0.1, -0.05) is 0 Å². The number of nitrogens with one attached hydrogen (secondary N) is 2. The second-order valence-electron chi connectivity index (χ2n) is 9.20. The van der Waals surface area contributed by atoms with Gasteiger partial charge in [-0.2, -0.15) is 5.10 Å². The Balaban J connectivity index is 0.00000168. The Morgan fingerprint density at radius 3 is 2.54 bits per heavy atom. The van der Waals surface area contributed by atoms with E-state index in [0.717, 1.165) is 30.8 Å². The lowest BCUT2D eigenvalue weighted by Gasteiger charge is -2.56. The lowest BCUT2D eigenvalue weighted by Crippen LogP contribution is -2.60. The minimum Gasteiger partial charge on any atom is -0.349 e.